The minimum atomic E-state index is -0.896. The molecular weight excluding hydrogens is 394 g/mol. The predicted molar refractivity (Wildman–Crippen MR) is 112 cm³/mol. The number of rotatable bonds is 7. The molecule has 0 saturated heterocycles. The highest BCUT2D eigenvalue weighted by Gasteiger charge is 2.21. The van der Waals surface area contributed by atoms with Gasteiger partial charge in [-0.25, -0.2) is 13.8 Å². The quantitative estimate of drug-likeness (QED) is 0.405. The van der Waals surface area contributed by atoms with Crippen molar-refractivity contribution in [2.75, 3.05) is 19.0 Å². The molecule has 1 unspecified atom stereocenters. The van der Waals surface area contributed by atoms with Crippen molar-refractivity contribution in [3.63, 3.8) is 0 Å². The van der Waals surface area contributed by atoms with E-state index in [0.29, 0.717) is 12.2 Å². The third-order valence-electron chi connectivity index (χ3n) is 4.74. The number of ether oxygens (including phenoxy) is 1. The molecule has 4 N–H and O–H groups in total. The molecule has 29 heavy (non-hydrogen) atoms. The number of hydrogen-bond donors (Lipinski definition) is 3. The fourth-order valence-corrected chi connectivity index (χ4v) is 4.14. The number of nitrogens with two attached hydrogens (primary N) is 1. The molecule has 0 aliphatic heterocycles. The highest BCUT2D eigenvalue weighted by molar-refractivity contribution is 7.10. The number of aromatic nitrogens is 2. The van der Waals surface area contributed by atoms with E-state index < -0.39 is 17.7 Å². The number of thiophene rings is 1. The molecule has 4 aromatic rings. The monoisotopic (exact) mass is 414 g/mol. The summed E-state index contributed by atoms with van der Waals surface area (Å²) in [6, 6.07) is 9.94. The van der Waals surface area contributed by atoms with Gasteiger partial charge in [0.2, 0.25) is 0 Å². The van der Waals surface area contributed by atoms with Crippen LogP contribution in [0.15, 0.2) is 48.1 Å². The minimum Gasteiger partial charge on any atom is -0.379 e. The molecule has 150 valence electrons. The molecule has 0 spiro atoms. The number of halogens is 2. The molecular formula is C21H20F2N4OS. The Morgan fingerprint density at radius 2 is 2.07 bits per heavy atom. The Bertz CT molecular complexity index is 1140. The normalized spacial score (nSPS) is 12.4. The van der Waals surface area contributed by atoms with Gasteiger partial charge in [-0.05, 0) is 35.2 Å². The maximum absolute atomic E-state index is 14.9. The Balaban J connectivity index is 1.62. The van der Waals surface area contributed by atoms with Crippen LogP contribution in [0.25, 0.3) is 22.2 Å². The van der Waals surface area contributed by atoms with Crippen LogP contribution in [0.3, 0.4) is 0 Å². The third-order valence-corrected chi connectivity index (χ3v) is 5.65. The van der Waals surface area contributed by atoms with Gasteiger partial charge in [-0.1, -0.05) is 12.1 Å². The second-order valence-electron chi connectivity index (χ2n) is 6.63. The highest BCUT2D eigenvalue weighted by Crippen LogP contribution is 2.33. The smallest absolute Gasteiger partial charge is 0.167 e. The van der Waals surface area contributed by atoms with E-state index in [1.807, 2.05) is 24.3 Å². The standard InChI is InChI=1S/C21H20F2N4OS/c1-28-9-14-6-12(10-29-14)15-3-4-16(21(23)20(15)22)19(8-24)27-13-2-5-17-18(7-13)26-11-25-17/h2-7,10-11,19,27H,8-9,24H2,1H3,(H,25,26). The first-order valence-electron chi connectivity index (χ1n) is 9.05. The second-order valence-corrected chi connectivity index (χ2v) is 7.63. The van der Waals surface area contributed by atoms with E-state index in [9.17, 15) is 8.78 Å². The van der Waals surface area contributed by atoms with E-state index in [1.165, 1.54) is 11.3 Å². The summed E-state index contributed by atoms with van der Waals surface area (Å²) in [7, 11) is 1.60. The number of nitrogens with zero attached hydrogens (tertiary/aromatic N) is 1. The zero-order valence-electron chi connectivity index (χ0n) is 15.7. The summed E-state index contributed by atoms with van der Waals surface area (Å²) in [4.78, 5) is 8.14. The maximum atomic E-state index is 14.9. The van der Waals surface area contributed by atoms with Crippen molar-refractivity contribution >= 4 is 28.1 Å². The van der Waals surface area contributed by atoms with E-state index in [-0.39, 0.29) is 17.7 Å². The summed E-state index contributed by atoms with van der Waals surface area (Å²) < 4.78 is 34.9. The van der Waals surface area contributed by atoms with Gasteiger partial charge in [0.25, 0.3) is 0 Å². The van der Waals surface area contributed by atoms with Gasteiger partial charge in [0.05, 0.1) is 30.0 Å². The van der Waals surface area contributed by atoms with Gasteiger partial charge >= 0.3 is 0 Å². The largest absolute Gasteiger partial charge is 0.379 e. The van der Waals surface area contributed by atoms with Gasteiger partial charge in [-0.3, -0.25) is 0 Å². The molecule has 0 bridgehead atoms. The Labute approximate surface area is 170 Å². The SMILES string of the molecule is COCc1cc(-c2ccc(C(CN)Nc3ccc4nc[nH]c4c3)c(F)c2F)cs1. The van der Waals surface area contributed by atoms with Crippen LogP contribution in [0.5, 0.6) is 0 Å². The number of fused-ring (bicyclic) bond motifs is 1. The number of anilines is 1. The summed E-state index contributed by atoms with van der Waals surface area (Å²) in [5.41, 5.74) is 9.31. The summed E-state index contributed by atoms with van der Waals surface area (Å²) in [5, 5.41) is 4.98. The van der Waals surface area contributed by atoms with Crippen LogP contribution < -0.4 is 11.1 Å². The fraction of sp³-hybridized carbons (Fsp3) is 0.190. The molecule has 2 aromatic carbocycles. The van der Waals surface area contributed by atoms with Crippen LogP contribution in [0, 0.1) is 11.6 Å². The van der Waals surface area contributed by atoms with Gasteiger partial charge in [0, 0.05) is 35.3 Å². The number of imidazole rings is 1. The van der Waals surface area contributed by atoms with Crippen LogP contribution in [0.1, 0.15) is 16.5 Å². The predicted octanol–water partition coefficient (Wildman–Crippen LogP) is 4.83. The molecule has 5 nitrogen and oxygen atoms in total. The van der Waals surface area contributed by atoms with Crippen molar-refractivity contribution in [3.05, 3.63) is 70.2 Å². The van der Waals surface area contributed by atoms with Gasteiger partial charge in [0.1, 0.15) is 0 Å². The first kappa shape index (κ1) is 19.5. The Morgan fingerprint density at radius 1 is 1.21 bits per heavy atom. The molecule has 0 saturated carbocycles. The topological polar surface area (TPSA) is 76.0 Å². The lowest BCUT2D eigenvalue weighted by atomic mass is 10.00. The van der Waals surface area contributed by atoms with Crippen LogP contribution >= 0.6 is 11.3 Å². The lowest BCUT2D eigenvalue weighted by molar-refractivity contribution is 0.187. The highest BCUT2D eigenvalue weighted by atomic mass is 32.1. The lowest BCUT2D eigenvalue weighted by Gasteiger charge is -2.20. The molecule has 2 aromatic heterocycles. The zero-order chi connectivity index (χ0) is 20.4. The lowest BCUT2D eigenvalue weighted by Crippen LogP contribution is -2.22. The number of hydrogen-bond acceptors (Lipinski definition) is 5. The van der Waals surface area contributed by atoms with E-state index in [1.54, 1.807) is 30.9 Å². The van der Waals surface area contributed by atoms with E-state index in [2.05, 4.69) is 15.3 Å². The number of H-pyrrole nitrogens is 1. The molecule has 0 radical (unpaired) electrons. The van der Waals surface area contributed by atoms with Gasteiger partial charge in [-0.2, -0.15) is 0 Å². The number of methoxy groups -OCH3 is 1. The summed E-state index contributed by atoms with van der Waals surface area (Å²) in [6.07, 6.45) is 1.60. The van der Waals surface area contributed by atoms with Crippen LogP contribution in [0.4, 0.5) is 14.5 Å². The molecule has 8 heteroatoms. The average Bonchev–Trinajstić information content (AvgIpc) is 3.38. The van der Waals surface area contributed by atoms with Crippen molar-refractivity contribution in [2.24, 2.45) is 5.73 Å². The summed E-state index contributed by atoms with van der Waals surface area (Å²) in [5.74, 6) is -1.78. The maximum Gasteiger partial charge on any atom is 0.167 e. The van der Waals surface area contributed by atoms with Crippen molar-refractivity contribution in [3.8, 4) is 11.1 Å². The Morgan fingerprint density at radius 3 is 2.86 bits per heavy atom. The van der Waals surface area contributed by atoms with Crippen LogP contribution in [-0.2, 0) is 11.3 Å². The Kier molecular flexibility index (Phi) is 5.57. The molecule has 1 atom stereocenters. The van der Waals surface area contributed by atoms with Gasteiger partial charge < -0.3 is 20.8 Å². The zero-order valence-corrected chi connectivity index (χ0v) is 16.5. The first-order valence-corrected chi connectivity index (χ1v) is 9.93. The molecule has 0 aliphatic carbocycles. The summed E-state index contributed by atoms with van der Waals surface area (Å²) >= 11 is 1.45. The van der Waals surface area contributed by atoms with Crippen molar-refractivity contribution in [2.45, 2.75) is 12.6 Å². The number of nitrogens with one attached hydrogen (secondary N) is 2. The molecule has 0 amide bonds. The summed E-state index contributed by atoms with van der Waals surface area (Å²) in [6.45, 7) is 0.542. The van der Waals surface area contributed by atoms with Crippen molar-refractivity contribution in [1.29, 1.82) is 0 Å². The molecule has 0 fully saturated rings. The second kappa shape index (κ2) is 8.28. The number of aromatic amines is 1. The Hall–Kier alpha value is -2.81. The van der Waals surface area contributed by atoms with Gasteiger partial charge in [-0.15, -0.1) is 11.3 Å². The van der Waals surface area contributed by atoms with Crippen LogP contribution in [-0.4, -0.2) is 23.6 Å². The molecule has 4 rings (SSSR count). The van der Waals surface area contributed by atoms with Crippen molar-refractivity contribution in [1.82, 2.24) is 9.97 Å². The van der Waals surface area contributed by atoms with Gasteiger partial charge in [0.15, 0.2) is 11.6 Å². The molecule has 2 heterocycles. The van der Waals surface area contributed by atoms with E-state index >= 15 is 0 Å². The third kappa shape index (κ3) is 3.87. The minimum absolute atomic E-state index is 0.104. The van der Waals surface area contributed by atoms with Crippen LogP contribution in [0.2, 0.25) is 0 Å². The van der Waals surface area contributed by atoms with E-state index in [4.69, 9.17) is 10.5 Å². The first-order chi connectivity index (χ1) is 14.1. The van der Waals surface area contributed by atoms with E-state index in [0.717, 1.165) is 21.6 Å². The van der Waals surface area contributed by atoms with Crippen molar-refractivity contribution < 1.29 is 13.5 Å². The fourth-order valence-electron chi connectivity index (χ4n) is 3.29. The number of benzene rings is 2. The molecule has 0 aliphatic rings. The average molecular weight is 414 g/mol.